The Balaban J connectivity index is 3.46. The Bertz CT molecular complexity index is 303. The molecule has 1 aromatic heterocycles. The first kappa shape index (κ1) is 6.60. The number of nitrogens with zero attached hydrogens (tertiary/aromatic N) is 1. The van der Waals surface area contributed by atoms with Crippen LogP contribution in [0.1, 0.15) is 5.82 Å². The molecule has 10 heavy (non-hydrogen) atoms. The monoisotopic (exact) mass is 140 g/mol. The number of aryl methyl sites for hydroxylation is 1. The topological polar surface area (TPSA) is 97.8 Å². The van der Waals surface area contributed by atoms with E-state index in [4.69, 9.17) is 11.5 Å². The van der Waals surface area contributed by atoms with E-state index < -0.39 is 0 Å². The summed E-state index contributed by atoms with van der Waals surface area (Å²) in [5.41, 5.74) is 10.1. The number of nitrogen functional groups attached to an aromatic ring is 2. The van der Waals surface area contributed by atoms with Crippen LogP contribution in [-0.4, -0.2) is 9.97 Å². The van der Waals surface area contributed by atoms with Crippen molar-refractivity contribution < 1.29 is 0 Å². The lowest BCUT2D eigenvalue weighted by molar-refractivity contribution is 1.03. The molecule has 0 aliphatic heterocycles. The Morgan fingerprint density at radius 2 is 2.10 bits per heavy atom. The largest absolute Gasteiger partial charge is 0.391 e. The van der Waals surface area contributed by atoms with Crippen LogP contribution in [0.5, 0.6) is 0 Å². The normalized spacial score (nSPS) is 9.70. The van der Waals surface area contributed by atoms with E-state index in [1.54, 1.807) is 6.92 Å². The Labute approximate surface area is 57.1 Å². The van der Waals surface area contributed by atoms with Gasteiger partial charge in [-0.2, -0.15) is 0 Å². The summed E-state index contributed by atoms with van der Waals surface area (Å²) in [6.45, 7) is 1.64. The highest BCUT2D eigenvalue weighted by Crippen LogP contribution is 2.01. The smallest absolute Gasteiger partial charge is 0.276 e. The summed E-state index contributed by atoms with van der Waals surface area (Å²) < 4.78 is 0. The van der Waals surface area contributed by atoms with Crippen molar-refractivity contribution in [2.45, 2.75) is 6.92 Å². The molecule has 1 rings (SSSR count). The average molecular weight is 140 g/mol. The first-order chi connectivity index (χ1) is 4.61. The number of aromatic nitrogens is 2. The third-order valence-electron chi connectivity index (χ3n) is 1.10. The van der Waals surface area contributed by atoms with Gasteiger partial charge in [-0.1, -0.05) is 0 Å². The van der Waals surface area contributed by atoms with Gasteiger partial charge in [0.25, 0.3) is 5.56 Å². The molecule has 0 spiro atoms. The molecule has 5 heteroatoms. The van der Waals surface area contributed by atoms with E-state index in [2.05, 4.69) is 9.97 Å². The van der Waals surface area contributed by atoms with Gasteiger partial charge in [0.15, 0.2) is 5.82 Å². The summed E-state index contributed by atoms with van der Waals surface area (Å²) in [7, 11) is 0. The second-order valence-electron chi connectivity index (χ2n) is 1.95. The molecule has 5 N–H and O–H groups in total. The molecular weight excluding hydrogens is 132 g/mol. The number of aromatic amines is 1. The lowest BCUT2D eigenvalue weighted by Gasteiger charge is -1.97. The van der Waals surface area contributed by atoms with E-state index in [1.165, 1.54) is 0 Å². The van der Waals surface area contributed by atoms with Crippen LogP contribution < -0.4 is 17.0 Å². The summed E-state index contributed by atoms with van der Waals surface area (Å²) in [4.78, 5) is 16.9. The van der Waals surface area contributed by atoms with Gasteiger partial charge in [0.2, 0.25) is 0 Å². The van der Waals surface area contributed by atoms with Crippen LogP contribution in [0, 0.1) is 6.92 Å². The average Bonchev–Trinajstić information content (AvgIpc) is 1.82. The molecule has 0 aliphatic rings. The summed E-state index contributed by atoms with van der Waals surface area (Å²) in [6.07, 6.45) is 0. The second kappa shape index (κ2) is 2.02. The first-order valence-electron chi connectivity index (χ1n) is 2.73. The molecule has 0 atom stereocenters. The molecule has 54 valence electrons. The maximum absolute atomic E-state index is 10.8. The lowest BCUT2D eigenvalue weighted by Crippen LogP contribution is -2.17. The predicted octanol–water partition coefficient (Wildman–Crippen LogP) is -0.757. The van der Waals surface area contributed by atoms with Crippen molar-refractivity contribution in [2.75, 3.05) is 11.5 Å². The van der Waals surface area contributed by atoms with Gasteiger partial charge in [-0.05, 0) is 6.92 Å². The van der Waals surface area contributed by atoms with E-state index in [0.29, 0.717) is 5.82 Å². The van der Waals surface area contributed by atoms with Crippen LogP contribution in [0.15, 0.2) is 4.79 Å². The van der Waals surface area contributed by atoms with Crippen molar-refractivity contribution in [3.8, 4) is 0 Å². The van der Waals surface area contributed by atoms with Crippen LogP contribution >= 0.6 is 0 Å². The zero-order valence-electron chi connectivity index (χ0n) is 5.51. The number of hydrogen-bond donors (Lipinski definition) is 3. The molecule has 0 aromatic carbocycles. The fraction of sp³-hybridized carbons (Fsp3) is 0.200. The molecule has 0 bridgehead atoms. The van der Waals surface area contributed by atoms with Crippen molar-refractivity contribution in [2.24, 2.45) is 0 Å². The zero-order valence-corrected chi connectivity index (χ0v) is 5.51. The van der Waals surface area contributed by atoms with Crippen LogP contribution in [0.4, 0.5) is 11.5 Å². The number of anilines is 2. The highest BCUT2D eigenvalue weighted by Gasteiger charge is 2.00. The first-order valence-corrected chi connectivity index (χ1v) is 2.73. The lowest BCUT2D eigenvalue weighted by atomic mass is 10.5. The molecule has 1 heterocycles. The van der Waals surface area contributed by atoms with Crippen LogP contribution in [0.25, 0.3) is 0 Å². The van der Waals surface area contributed by atoms with Crippen LogP contribution in [0.2, 0.25) is 0 Å². The zero-order chi connectivity index (χ0) is 7.72. The number of hydrogen-bond acceptors (Lipinski definition) is 4. The molecule has 0 aliphatic carbocycles. The van der Waals surface area contributed by atoms with Gasteiger partial charge in [0, 0.05) is 0 Å². The molecule has 0 amide bonds. The maximum Gasteiger partial charge on any atom is 0.276 e. The number of rotatable bonds is 0. The van der Waals surface area contributed by atoms with Crippen molar-refractivity contribution in [1.82, 2.24) is 9.97 Å². The summed E-state index contributed by atoms with van der Waals surface area (Å²) in [5, 5.41) is 0. The standard InChI is InChI=1S/C5H8N4O/c1-2-8-4(7)3(6)5(10)9-2/h6H2,1H3,(H3,7,8,9,10). The van der Waals surface area contributed by atoms with Crippen LogP contribution in [-0.2, 0) is 0 Å². The Kier molecular flexibility index (Phi) is 1.33. The predicted molar refractivity (Wildman–Crippen MR) is 38.4 cm³/mol. The van der Waals surface area contributed by atoms with Gasteiger partial charge < -0.3 is 16.5 Å². The number of nitrogens with one attached hydrogen (secondary N) is 1. The fourth-order valence-corrected chi connectivity index (χ4v) is 0.617. The minimum atomic E-state index is -0.384. The Hall–Kier alpha value is -1.52. The minimum absolute atomic E-state index is 0.0226. The van der Waals surface area contributed by atoms with E-state index in [9.17, 15) is 4.79 Å². The maximum atomic E-state index is 10.8. The number of nitrogens with two attached hydrogens (primary N) is 2. The highest BCUT2D eigenvalue weighted by molar-refractivity contribution is 5.55. The molecular formula is C5H8N4O. The summed E-state index contributed by atoms with van der Waals surface area (Å²) in [5.74, 6) is 0.554. The number of H-pyrrole nitrogens is 1. The van der Waals surface area contributed by atoms with Crippen molar-refractivity contribution in [3.63, 3.8) is 0 Å². The fourth-order valence-electron chi connectivity index (χ4n) is 0.617. The Morgan fingerprint density at radius 3 is 2.60 bits per heavy atom. The van der Waals surface area contributed by atoms with Gasteiger partial charge in [-0.15, -0.1) is 0 Å². The molecule has 0 saturated heterocycles. The van der Waals surface area contributed by atoms with Crippen molar-refractivity contribution in [1.29, 1.82) is 0 Å². The van der Waals surface area contributed by atoms with E-state index in [1.807, 2.05) is 0 Å². The molecule has 0 radical (unpaired) electrons. The van der Waals surface area contributed by atoms with Gasteiger partial charge in [0.05, 0.1) is 0 Å². The molecule has 1 aromatic rings. The van der Waals surface area contributed by atoms with E-state index in [0.717, 1.165) is 0 Å². The third kappa shape index (κ3) is 0.928. The van der Waals surface area contributed by atoms with Gasteiger partial charge in [-0.3, -0.25) is 4.79 Å². The van der Waals surface area contributed by atoms with E-state index in [-0.39, 0.29) is 17.1 Å². The summed E-state index contributed by atoms with van der Waals surface area (Å²) >= 11 is 0. The highest BCUT2D eigenvalue weighted by atomic mass is 16.1. The molecule has 5 nitrogen and oxygen atoms in total. The molecule has 0 fully saturated rings. The van der Waals surface area contributed by atoms with Crippen LogP contribution in [0.3, 0.4) is 0 Å². The van der Waals surface area contributed by atoms with Crippen molar-refractivity contribution in [3.05, 3.63) is 16.2 Å². The van der Waals surface area contributed by atoms with Gasteiger partial charge >= 0.3 is 0 Å². The van der Waals surface area contributed by atoms with Gasteiger partial charge in [0.1, 0.15) is 11.5 Å². The summed E-state index contributed by atoms with van der Waals surface area (Å²) in [6, 6.07) is 0. The Morgan fingerprint density at radius 1 is 1.50 bits per heavy atom. The molecule has 0 saturated carbocycles. The molecule has 0 unspecified atom stereocenters. The third-order valence-corrected chi connectivity index (χ3v) is 1.10. The van der Waals surface area contributed by atoms with Gasteiger partial charge in [-0.25, -0.2) is 4.98 Å². The minimum Gasteiger partial charge on any atom is -0.391 e. The quantitative estimate of drug-likeness (QED) is 0.441. The van der Waals surface area contributed by atoms with Crippen molar-refractivity contribution >= 4 is 11.5 Å². The SMILES string of the molecule is Cc1nc(N)c(N)c(=O)[nH]1. The second-order valence-corrected chi connectivity index (χ2v) is 1.95. The van der Waals surface area contributed by atoms with E-state index >= 15 is 0 Å².